The van der Waals surface area contributed by atoms with E-state index < -0.39 is 11.0 Å². The van der Waals surface area contributed by atoms with Gasteiger partial charge in [-0.25, -0.2) is 4.79 Å². The summed E-state index contributed by atoms with van der Waals surface area (Å²) in [7, 11) is 0. The maximum atomic E-state index is 10.8. The van der Waals surface area contributed by atoms with Gasteiger partial charge in [-0.3, -0.25) is 10.1 Å². The van der Waals surface area contributed by atoms with E-state index in [1.165, 1.54) is 18.4 Å². The van der Waals surface area contributed by atoms with E-state index in [0.29, 0.717) is 12.1 Å². The van der Waals surface area contributed by atoms with E-state index in [9.17, 15) is 14.9 Å². The van der Waals surface area contributed by atoms with Crippen LogP contribution in [0.2, 0.25) is 0 Å². The van der Waals surface area contributed by atoms with Crippen LogP contribution in [0.1, 0.15) is 13.3 Å². The highest BCUT2D eigenvalue weighted by Gasteiger charge is 2.25. The van der Waals surface area contributed by atoms with Crippen LogP contribution in [0.15, 0.2) is 33.4 Å². The van der Waals surface area contributed by atoms with E-state index in [1.807, 2.05) is 6.92 Å². The number of hydrogen-bond acceptors (Lipinski definition) is 3. The summed E-state index contributed by atoms with van der Waals surface area (Å²) in [5.41, 5.74) is 1.44. The number of nitrogens with zero attached hydrogens (tertiary/aromatic N) is 3. The first-order valence-corrected chi connectivity index (χ1v) is 4.76. The van der Waals surface area contributed by atoms with E-state index in [0.717, 1.165) is 5.57 Å². The van der Waals surface area contributed by atoms with E-state index in [1.54, 1.807) is 0 Å². The van der Waals surface area contributed by atoms with Crippen molar-refractivity contribution in [3.05, 3.63) is 33.5 Å². The smallest absolute Gasteiger partial charge is 0.258 e. The molecule has 0 N–H and O–H groups in total. The zero-order valence-corrected chi connectivity index (χ0v) is 8.58. The number of allylic oxidation sites excluding steroid dienone is 3. The molecule has 2 amide bonds. The van der Waals surface area contributed by atoms with Crippen molar-refractivity contribution < 1.29 is 9.72 Å². The SMILES string of the molecule is CC1=CC([N+](=O)[O-])=CC(C2=NC(=O)N=C2)C1. The van der Waals surface area contributed by atoms with Crippen molar-refractivity contribution in [3.63, 3.8) is 0 Å². The Hall–Kier alpha value is -2.11. The molecule has 0 fully saturated rings. The highest BCUT2D eigenvalue weighted by atomic mass is 16.6. The molecule has 0 aromatic carbocycles. The van der Waals surface area contributed by atoms with Crippen molar-refractivity contribution in [2.75, 3.05) is 0 Å². The molecule has 6 heteroatoms. The van der Waals surface area contributed by atoms with Gasteiger partial charge in [-0.1, -0.05) is 5.57 Å². The molecular weight excluding hydrogens is 210 g/mol. The molecule has 0 saturated carbocycles. The second-order valence-electron chi connectivity index (χ2n) is 3.73. The number of carbonyl (C=O) groups is 1. The Labute approximate surface area is 91.2 Å². The highest BCUT2D eigenvalue weighted by Crippen LogP contribution is 2.24. The largest absolute Gasteiger partial charge is 0.367 e. The lowest BCUT2D eigenvalue weighted by molar-refractivity contribution is -0.419. The molecule has 0 aromatic heterocycles. The third kappa shape index (κ3) is 1.95. The Morgan fingerprint density at radius 3 is 2.88 bits per heavy atom. The van der Waals surface area contributed by atoms with Gasteiger partial charge in [0.1, 0.15) is 0 Å². The van der Waals surface area contributed by atoms with Crippen LogP contribution < -0.4 is 0 Å². The van der Waals surface area contributed by atoms with Gasteiger partial charge in [0.15, 0.2) is 0 Å². The summed E-state index contributed by atoms with van der Waals surface area (Å²) in [6, 6.07) is -0.543. The molecule has 82 valence electrons. The van der Waals surface area contributed by atoms with Gasteiger partial charge in [0.25, 0.3) is 5.70 Å². The monoisotopic (exact) mass is 219 g/mol. The lowest BCUT2D eigenvalue weighted by Crippen LogP contribution is -2.17. The van der Waals surface area contributed by atoms with Gasteiger partial charge < -0.3 is 0 Å². The molecule has 1 aliphatic carbocycles. The van der Waals surface area contributed by atoms with E-state index in [2.05, 4.69) is 9.98 Å². The zero-order chi connectivity index (χ0) is 11.7. The normalized spacial score (nSPS) is 23.9. The third-order valence-corrected chi connectivity index (χ3v) is 2.43. The zero-order valence-electron chi connectivity index (χ0n) is 8.58. The van der Waals surface area contributed by atoms with E-state index in [4.69, 9.17) is 0 Å². The lowest BCUT2D eigenvalue weighted by Gasteiger charge is -2.14. The van der Waals surface area contributed by atoms with Gasteiger partial charge in [0.2, 0.25) is 0 Å². The van der Waals surface area contributed by atoms with Gasteiger partial charge in [-0.2, -0.15) is 9.98 Å². The molecule has 1 atom stereocenters. The molecule has 1 unspecified atom stereocenters. The molecule has 0 saturated heterocycles. The summed E-state index contributed by atoms with van der Waals surface area (Å²) < 4.78 is 0. The maximum Gasteiger partial charge on any atom is 0.367 e. The summed E-state index contributed by atoms with van der Waals surface area (Å²) in [5, 5.41) is 10.7. The Bertz CT molecular complexity index is 486. The first-order chi connectivity index (χ1) is 7.56. The van der Waals surface area contributed by atoms with Gasteiger partial charge in [-0.15, -0.1) is 0 Å². The topological polar surface area (TPSA) is 84.9 Å². The van der Waals surface area contributed by atoms with Crippen LogP contribution in [-0.4, -0.2) is 22.9 Å². The number of urea groups is 1. The number of rotatable bonds is 2. The van der Waals surface area contributed by atoms with Gasteiger partial charge in [-0.05, 0) is 13.3 Å². The first kappa shape index (κ1) is 10.4. The minimum Gasteiger partial charge on any atom is -0.258 e. The van der Waals surface area contributed by atoms with E-state index in [-0.39, 0.29) is 11.6 Å². The van der Waals surface area contributed by atoms with Crippen LogP contribution >= 0.6 is 0 Å². The van der Waals surface area contributed by atoms with Crippen molar-refractivity contribution in [2.45, 2.75) is 13.3 Å². The van der Waals surface area contributed by atoms with Crippen molar-refractivity contribution >= 4 is 18.0 Å². The Balaban J connectivity index is 2.29. The third-order valence-electron chi connectivity index (χ3n) is 2.43. The molecule has 2 aliphatic rings. The molecule has 6 nitrogen and oxygen atoms in total. The Morgan fingerprint density at radius 2 is 2.31 bits per heavy atom. The number of hydrogen-bond donors (Lipinski definition) is 0. The predicted molar refractivity (Wildman–Crippen MR) is 58.3 cm³/mol. The molecule has 0 aromatic rings. The first-order valence-electron chi connectivity index (χ1n) is 4.76. The van der Waals surface area contributed by atoms with Crippen LogP contribution in [0.3, 0.4) is 0 Å². The number of nitro groups is 1. The number of aliphatic imine (C=N–C) groups is 2. The molecule has 0 bridgehead atoms. The fourth-order valence-electron chi connectivity index (χ4n) is 1.74. The van der Waals surface area contributed by atoms with Crippen molar-refractivity contribution in [1.82, 2.24) is 0 Å². The van der Waals surface area contributed by atoms with Crippen molar-refractivity contribution in [1.29, 1.82) is 0 Å². The summed E-state index contributed by atoms with van der Waals surface area (Å²) in [4.78, 5) is 28.3. The quantitative estimate of drug-likeness (QED) is 0.523. The highest BCUT2D eigenvalue weighted by molar-refractivity contribution is 6.38. The molecule has 0 spiro atoms. The predicted octanol–water partition coefficient (Wildman–Crippen LogP) is 1.76. The molecule has 1 heterocycles. The fraction of sp³-hybridized carbons (Fsp3) is 0.300. The van der Waals surface area contributed by atoms with Gasteiger partial charge >= 0.3 is 6.03 Å². The second-order valence-corrected chi connectivity index (χ2v) is 3.73. The average Bonchev–Trinajstić information content (AvgIpc) is 2.64. The second kappa shape index (κ2) is 3.80. The van der Waals surface area contributed by atoms with Crippen LogP contribution in [0.5, 0.6) is 0 Å². The molecule has 16 heavy (non-hydrogen) atoms. The van der Waals surface area contributed by atoms with Crippen molar-refractivity contribution in [2.24, 2.45) is 15.9 Å². The van der Waals surface area contributed by atoms with E-state index >= 15 is 0 Å². The number of carbonyl (C=O) groups excluding carboxylic acids is 1. The summed E-state index contributed by atoms with van der Waals surface area (Å²) in [5.74, 6) is -0.222. The fourth-order valence-corrected chi connectivity index (χ4v) is 1.74. The Morgan fingerprint density at radius 1 is 1.56 bits per heavy atom. The molecular formula is C10H9N3O3. The summed E-state index contributed by atoms with van der Waals surface area (Å²) >= 11 is 0. The van der Waals surface area contributed by atoms with Crippen LogP contribution in [0.4, 0.5) is 4.79 Å². The molecule has 1 aliphatic heterocycles. The lowest BCUT2D eigenvalue weighted by atomic mass is 9.90. The minimum atomic E-state index is -0.543. The standard InChI is InChI=1S/C10H9N3O3/c1-6-2-7(4-8(3-6)13(15)16)9-5-11-10(14)12-9/h3-5,7H,2H2,1H3. The number of amides is 2. The van der Waals surface area contributed by atoms with Crippen molar-refractivity contribution in [3.8, 4) is 0 Å². The van der Waals surface area contributed by atoms with Crippen LogP contribution in [0.25, 0.3) is 0 Å². The van der Waals surface area contributed by atoms with Gasteiger partial charge in [0.05, 0.1) is 16.8 Å². The summed E-state index contributed by atoms with van der Waals surface area (Å²) in [6.45, 7) is 1.82. The molecule has 2 rings (SSSR count). The van der Waals surface area contributed by atoms with Gasteiger partial charge in [0, 0.05) is 18.1 Å². The molecule has 0 radical (unpaired) electrons. The van der Waals surface area contributed by atoms with Crippen LogP contribution in [-0.2, 0) is 0 Å². The van der Waals surface area contributed by atoms with Crippen LogP contribution in [0, 0.1) is 16.0 Å². The Kier molecular flexibility index (Phi) is 2.47. The minimum absolute atomic E-state index is 0.0456. The maximum absolute atomic E-state index is 10.8. The average molecular weight is 219 g/mol. The summed E-state index contributed by atoms with van der Waals surface area (Å²) in [6.07, 6.45) is 5.05.